The van der Waals surface area contributed by atoms with Crippen molar-refractivity contribution < 1.29 is 9.57 Å². The van der Waals surface area contributed by atoms with Gasteiger partial charge in [0.15, 0.2) is 5.76 Å². The molecule has 0 bridgehead atoms. The molecule has 2 heterocycles. The molecule has 1 aromatic carbocycles. The molecule has 1 fully saturated rings. The van der Waals surface area contributed by atoms with Gasteiger partial charge in [0.25, 0.3) is 0 Å². The van der Waals surface area contributed by atoms with Crippen LogP contribution >= 0.6 is 15.9 Å². The summed E-state index contributed by atoms with van der Waals surface area (Å²) in [6.07, 6.45) is 5.38. The number of rotatable bonds is 2. The molecule has 0 spiro atoms. The van der Waals surface area contributed by atoms with Gasteiger partial charge in [-0.1, -0.05) is 15.9 Å². The number of halogens is 1. The SMILES string of the molecule is NC12ON1C=CC=C2Oc1ccc(Br)cc1. The van der Waals surface area contributed by atoms with Gasteiger partial charge in [-0.2, -0.15) is 0 Å². The summed E-state index contributed by atoms with van der Waals surface area (Å²) >= 11 is 3.36. The first-order valence-electron chi connectivity index (χ1n) is 4.78. The van der Waals surface area contributed by atoms with E-state index in [-0.39, 0.29) is 0 Å². The summed E-state index contributed by atoms with van der Waals surface area (Å²) in [6.45, 7) is 0. The van der Waals surface area contributed by atoms with E-state index in [4.69, 9.17) is 15.3 Å². The molecule has 1 unspecified atom stereocenters. The maximum atomic E-state index is 5.92. The number of hydroxylamine groups is 2. The highest BCUT2D eigenvalue weighted by atomic mass is 79.9. The predicted octanol–water partition coefficient (Wildman–Crippen LogP) is 2.10. The van der Waals surface area contributed by atoms with E-state index >= 15 is 0 Å². The van der Waals surface area contributed by atoms with Gasteiger partial charge >= 0.3 is 5.85 Å². The van der Waals surface area contributed by atoms with E-state index in [1.54, 1.807) is 17.3 Å². The first-order valence-corrected chi connectivity index (χ1v) is 5.57. The fourth-order valence-corrected chi connectivity index (χ4v) is 1.75. The maximum absolute atomic E-state index is 5.92. The van der Waals surface area contributed by atoms with Crippen LogP contribution in [0, 0.1) is 0 Å². The molecule has 0 radical (unpaired) electrons. The maximum Gasteiger partial charge on any atom is 0.301 e. The number of nitrogens with zero attached hydrogens (tertiary/aromatic N) is 1. The van der Waals surface area contributed by atoms with Gasteiger partial charge < -0.3 is 4.74 Å². The average molecular weight is 281 g/mol. The summed E-state index contributed by atoms with van der Waals surface area (Å²) in [6, 6.07) is 7.53. The number of benzene rings is 1. The van der Waals surface area contributed by atoms with Crippen LogP contribution in [-0.2, 0) is 4.84 Å². The minimum absolute atomic E-state index is 0.581. The van der Waals surface area contributed by atoms with Crippen molar-refractivity contribution in [3.05, 3.63) is 52.8 Å². The highest BCUT2D eigenvalue weighted by molar-refractivity contribution is 9.10. The summed E-state index contributed by atoms with van der Waals surface area (Å²) in [5.41, 5.74) is 5.92. The van der Waals surface area contributed by atoms with Gasteiger partial charge in [0.1, 0.15) is 5.75 Å². The number of ether oxygens (including phenoxy) is 1. The average Bonchev–Trinajstić information content (AvgIpc) is 2.95. The van der Waals surface area contributed by atoms with Gasteiger partial charge in [0.05, 0.1) is 0 Å². The number of fused-ring (bicyclic) bond motifs is 1. The zero-order chi connectivity index (χ0) is 11.2. The predicted molar refractivity (Wildman–Crippen MR) is 61.8 cm³/mol. The van der Waals surface area contributed by atoms with E-state index in [1.807, 2.05) is 30.3 Å². The monoisotopic (exact) mass is 280 g/mol. The van der Waals surface area contributed by atoms with Crippen LogP contribution in [0.2, 0.25) is 0 Å². The molecule has 0 aliphatic carbocycles. The third-order valence-corrected chi connectivity index (χ3v) is 2.92. The van der Waals surface area contributed by atoms with Crippen LogP contribution < -0.4 is 10.5 Å². The van der Waals surface area contributed by atoms with Gasteiger partial charge in [-0.3, -0.25) is 5.73 Å². The first-order chi connectivity index (χ1) is 7.68. The molecule has 1 aromatic rings. The van der Waals surface area contributed by atoms with Gasteiger partial charge in [0, 0.05) is 10.7 Å². The molecule has 16 heavy (non-hydrogen) atoms. The van der Waals surface area contributed by atoms with Crippen molar-refractivity contribution in [2.75, 3.05) is 0 Å². The minimum Gasteiger partial charge on any atom is -0.455 e. The van der Waals surface area contributed by atoms with E-state index in [1.165, 1.54) is 0 Å². The highest BCUT2D eigenvalue weighted by Gasteiger charge is 2.56. The van der Waals surface area contributed by atoms with Gasteiger partial charge in [0.2, 0.25) is 0 Å². The Morgan fingerprint density at radius 3 is 2.81 bits per heavy atom. The summed E-state index contributed by atoms with van der Waals surface area (Å²) in [4.78, 5) is 5.20. The van der Waals surface area contributed by atoms with Crippen molar-refractivity contribution in [2.24, 2.45) is 5.73 Å². The third kappa shape index (κ3) is 1.53. The summed E-state index contributed by atoms with van der Waals surface area (Å²) in [5, 5.41) is 1.54. The van der Waals surface area contributed by atoms with Crippen LogP contribution in [0.25, 0.3) is 0 Å². The lowest BCUT2D eigenvalue weighted by Crippen LogP contribution is -2.34. The standard InChI is InChI=1S/C11H9BrN2O2/c12-8-3-5-9(6-4-8)15-10-2-1-7-14-11(10,13)16-14/h1-7H,13H2. The van der Waals surface area contributed by atoms with Gasteiger partial charge in [-0.15, -0.1) is 0 Å². The van der Waals surface area contributed by atoms with E-state index in [2.05, 4.69) is 15.9 Å². The molecule has 1 saturated heterocycles. The second-order valence-electron chi connectivity index (χ2n) is 3.54. The van der Waals surface area contributed by atoms with Crippen LogP contribution in [0.15, 0.2) is 52.8 Å². The van der Waals surface area contributed by atoms with Crippen LogP contribution in [0.4, 0.5) is 0 Å². The molecule has 2 aliphatic heterocycles. The summed E-state index contributed by atoms with van der Waals surface area (Å²) in [7, 11) is 0. The molecule has 82 valence electrons. The van der Waals surface area contributed by atoms with Gasteiger partial charge in [-0.05, 0) is 36.4 Å². The smallest absolute Gasteiger partial charge is 0.301 e. The largest absolute Gasteiger partial charge is 0.455 e. The molecule has 1 atom stereocenters. The lowest BCUT2D eigenvalue weighted by molar-refractivity contribution is 0.228. The molecule has 0 amide bonds. The van der Waals surface area contributed by atoms with E-state index in [0.717, 1.165) is 10.2 Å². The Labute approximate surface area is 101 Å². The number of hydrogen-bond acceptors (Lipinski definition) is 4. The molecule has 0 saturated carbocycles. The summed E-state index contributed by atoms with van der Waals surface area (Å²) < 4.78 is 6.67. The Kier molecular flexibility index (Phi) is 2.07. The second-order valence-corrected chi connectivity index (χ2v) is 4.46. The van der Waals surface area contributed by atoms with Crippen molar-refractivity contribution in [2.45, 2.75) is 5.85 Å². The third-order valence-electron chi connectivity index (χ3n) is 2.40. The van der Waals surface area contributed by atoms with Crippen molar-refractivity contribution >= 4 is 15.9 Å². The molecular weight excluding hydrogens is 272 g/mol. The quantitative estimate of drug-likeness (QED) is 0.843. The Bertz CT molecular complexity index is 483. The molecule has 2 N–H and O–H groups in total. The van der Waals surface area contributed by atoms with Crippen molar-refractivity contribution in [1.29, 1.82) is 0 Å². The molecular formula is C11H9BrN2O2. The first kappa shape index (κ1) is 9.89. The number of hydrogen-bond donors (Lipinski definition) is 1. The minimum atomic E-state index is -0.915. The zero-order valence-electron chi connectivity index (χ0n) is 8.26. The topological polar surface area (TPSA) is 50.8 Å². The van der Waals surface area contributed by atoms with E-state index in [0.29, 0.717) is 5.76 Å². The van der Waals surface area contributed by atoms with E-state index in [9.17, 15) is 0 Å². The van der Waals surface area contributed by atoms with E-state index < -0.39 is 5.85 Å². The number of nitrogens with two attached hydrogens (primary N) is 1. The Hall–Kier alpha value is -1.30. The lowest BCUT2D eigenvalue weighted by atomic mass is 10.3. The van der Waals surface area contributed by atoms with Crippen LogP contribution in [-0.4, -0.2) is 10.9 Å². The van der Waals surface area contributed by atoms with Crippen molar-refractivity contribution in [3.63, 3.8) is 0 Å². The van der Waals surface area contributed by atoms with Crippen LogP contribution in [0.3, 0.4) is 0 Å². The summed E-state index contributed by atoms with van der Waals surface area (Å²) in [5.74, 6) is 0.393. The molecule has 0 aromatic heterocycles. The van der Waals surface area contributed by atoms with Gasteiger partial charge in [-0.25, -0.2) is 9.90 Å². The lowest BCUT2D eigenvalue weighted by Gasteiger charge is -2.13. The molecule has 4 nitrogen and oxygen atoms in total. The Balaban J connectivity index is 1.82. The van der Waals surface area contributed by atoms with Crippen molar-refractivity contribution in [1.82, 2.24) is 5.06 Å². The second kappa shape index (κ2) is 3.35. The fraction of sp³-hybridized carbons (Fsp3) is 0.0909. The molecule has 5 heteroatoms. The zero-order valence-corrected chi connectivity index (χ0v) is 9.85. The fourth-order valence-electron chi connectivity index (χ4n) is 1.49. The molecule has 2 aliphatic rings. The number of allylic oxidation sites excluding steroid dienone is 2. The van der Waals surface area contributed by atoms with Crippen LogP contribution in [0.5, 0.6) is 5.75 Å². The van der Waals surface area contributed by atoms with Crippen molar-refractivity contribution in [3.8, 4) is 5.75 Å². The van der Waals surface area contributed by atoms with Crippen LogP contribution in [0.1, 0.15) is 0 Å². The normalized spacial score (nSPS) is 26.1. The molecule has 3 rings (SSSR count). The Morgan fingerprint density at radius 2 is 2.06 bits per heavy atom. The Morgan fingerprint density at radius 1 is 1.31 bits per heavy atom. The highest BCUT2D eigenvalue weighted by Crippen LogP contribution is 2.39.